The van der Waals surface area contributed by atoms with Crippen molar-refractivity contribution in [1.82, 2.24) is 24.5 Å². The van der Waals surface area contributed by atoms with E-state index in [4.69, 9.17) is 11.6 Å². The molecular weight excluding hydrogens is 548 g/mol. The number of nitrogens with two attached hydrogens (primary N) is 1. The largest absolute Gasteiger partial charge is 0.344 e. The van der Waals surface area contributed by atoms with E-state index >= 15 is 0 Å². The number of nitrogens with zero attached hydrogens (tertiary/aromatic N) is 4. The zero-order valence-electron chi connectivity index (χ0n) is 21.2. The minimum atomic E-state index is -4.30. The highest BCUT2D eigenvalue weighted by Crippen LogP contribution is 2.38. The fourth-order valence-electron chi connectivity index (χ4n) is 5.07. The molecule has 1 aliphatic heterocycles. The summed E-state index contributed by atoms with van der Waals surface area (Å²) in [7, 11) is -4.30. The average molecular weight is 569 g/mol. The number of hydrogen-bond donors (Lipinski definition) is 4. The van der Waals surface area contributed by atoms with Crippen molar-refractivity contribution >= 4 is 49.9 Å². The van der Waals surface area contributed by atoms with Crippen LogP contribution in [0.4, 0.5) is 11.5 Å². The minimum absolute atomic E-state index is 0.0468. The summed E-state index contributed by atoms with van der Waals surface area (Å²) in [6.07, 6.45) is 8.60. The quantitative estimate of drug-likeness (QED) is 0.225. The number of fused-ring (bicyclic) bond motifs is 1. The molecule has 6 rings (SSSR count). The fourth-order valence-corrected chi connectivity index (χ4v) is 5.48. The third-order valence-corrected chi connectivity index (χ3v) is 7.11. The van der Waals surface area contributed by atoms with Crippen molar-refractivity contribution < 1.29 is 18.0 Å². The van der Waals surface area contributed by atoms with Crippen LogP contribution in [0.25, 0.3) is 22.1 Å². The molecule has 14 heteroatoms. The van der Waals surface area contributed by atoms with Gasteiger partial charge in [0.2, 0.25) is 0 Å². The number of hydrogen-bond acceptors (Lipinski definition) is 7. The minimum Gasteiger partial charge on any atom is -0.344 e. The van der Waals surface area contributed by atoms with Crippen molar-refractivity contribution in [3.63, 3.8) is 0 Å². The maximum absolute atomic E-state index is 14.1. The average Bonchev–Trinajstić information content (AvgIpc) is 3.46. The van der Waals surface area contributed by atoms with Crippen LogP contribution >= 0.6 is 0 Å². The lowest BCUT2D eigenvalue weighted by Gasteiger charge is -2.23. The number of carbonyl (C=O) groups is 2. The van der Waals surface area contributed by atoms with Crippen molar-refractivity contribution in [2.45, 2.75) is 13.0 Å². The lowest BCUT2D eigenvalue weighted by molar-refractivity contribution is 0.0937. The molecule has 13 nitrogen and oxygen atoms in total. The summed E-state index contributed by atoms with van der Waals surface area (Å²) in [6, 6.07) is 12.4. The summed E-state index contributed by atoms with van der Waals surface area (Å²) in [4.78, 5) is 45.3. The molecule has 0 radical (unpaired) electrons. The Labute approximate surface area is 232 Å². The van der Waals surface area contributed by atoms with Crippen molar-refractivity contribution in [2.24, 2.45) is 5.14 Å². The van der Waals surface area contributed by atoms with Gasteiger partial charge in [0, 0.05) is 29.0 Å². The normalized spacial score (nSPS) is 13.1. The maximum atomic E-state index is 14.1. The number of carbonyl (C=O) groups excluding carboxylic acids is 2. The highest BCUT2D eigenvalue weighted by Gasteiger charge is 2.34. The molecule has 5 N–H and O–H groups in total. The summed E-state index contributed by atoms with van der Waals surface area (Å²) in [5.41, 5.74) is 0.892. The van der Waals surface area contributed by atoms with Crippen molar-refractivity contribution in [1.29, 1.82) is 0 Å². The molecule has 0 saturated carbocycles. The Morgan fingerprint density at radius 1 is 1.12 bits per heavy atom. The number of aromatic nitrogens is 4. The van der Waals surface area contributed by atoms with Gasteiger partial charge in [0.05, 0.1) is 28.4 Å². The number of para-hydroxylation sites is 1. The number of terminal acetylenes is 1. The zero-order valence-corrected chi connectivity index (χ0v) is 22.1. The van der Waals surface area contributed by atoms with Gasteiger partial charge < -0.3 is 10.6 Å². The molecule has 0 bridgehead atoms. The van der Waals surface area contributed by atoms with Crippen molar-refractivity contribution in [2.75, 3.05) is 10.0 Å². The Morgan fingerprint density at radius 3 is 2.59 bits per heavy atom. The molecule has 1 aliphatic rings. The molecule has 0 spiro atoms. The molecule has 2 amide bonds. The van der Waals surface area contributed by atoms with Gasteiger partial charge in [-0.15, -0.1) is 11.5 Å². The Morgan fingerprint density at radius 2 is 1.88 bits per heavy atom. The Kier molecular flexibility index (Phi) is 5.84. The highest BCUT2D eigenvalue weighted by molar-refractivity contribution is 7.90. The summed E-state index contributed by atoms with van der Waals surface area (Å²) in [5, 5.41) is 15.3. The molecule has 1 atom stereocenters. The van der Waals surface area contributed by atoms with Crippen LogP contribution in [-0.4, -0.2) is 39.4 Å². The second-order valence-electron chi connectivity index (χ2n) is 9.20. The Hall–Kier alpha value is -5.52. The standard InChI is InChI=1S/C27H20N8O5S/c1-3-15-10-11-17-19-18(15)27(38)35(16-8-5-4-6-9-16)22(20(19)25(36)31-17)14(2)30-26(37)21-23(33-41(28,39)40)32-34-13-7-12-29-24(21)34/h1,4-14H,2H3,(H,30,37)(H,31,36)(H,32,33)(H2,28,39,40)/t14-/m1/s1. The van der Waals surface area contributed by atoms with Gasteiger partial charge in [-0.3, -0.25) is 23.7 Å². The SMILES string of the molecule is C#Cc1ccc2c3c(c([C@@H](C)NC(=O)c4c(NS(N)(=O)=O)nn5cccnc45)n(-c4ccccc4)c(=O)c13)C(=O)N2. The number of nitrogens with one attached hydrogen (secondary N) is 3. The molecule has 0 unspecified atom stereocenters. The highest BCUT2D eigenvalue weighted by atomic mass is 32.2. The van der Waals surface area contributed by atoms with Crippen LogP contribution in [0.15, 0.2) is 65.7 Å². The second kappa shape index (κ2) is 9.30. The van der Waals surface area contributed by atoms with E-state index in [-0.39, 0.29) is 33.7 Å². The van der Waals surface area contributed by atoms with Crippen LogP contribution in [0.2, 0.25) is 0 Å². The molecule has 3 aromatic heterocycles. The van der Waals surface area contributed by atoms with Gasteiger partial charge in [0.15, 0.2) is 11.5 Å². The van der Waals surface area contributed by atoms with Gasteiger partial charge in [-0.1, -0.05) is 24.1 Å². The Balaban J connectivity index is 1.57. The van der Waals surface area contributed by atoms with E-state index < -0.39 is 33.6 Å². The van der Waals surface area contributed by atoms with Crippen molar-refractivity contribution in [3.8, 4) is 18.0 Å². The second-order valence-corrected chi connectivity index (χ2v) is 10.5. The van der Waals surface area contributed by atoms with Gasteiger partial charge in [-0.2, -0.15) is 8.42 Å². The van der Waals surface area contributed by atoms with E-state index in [0.29, 0.717) is 22.3 Å². The summed E-state index contributed by atoms with van der Waals surface area (Å²) >= 11 is 0. The smallest absolute Gasteiger partial charge is 0.297 e. The van der Waals surface area contributed by atoms with Crippen molar-refractivity contribution in [3.05, 3.63) is 93.7 Å². The molecule has 204 valence electrons. The van der Waals surface area contributed by atoms with Gasteiger partial charge in [-0.25, -0.2) is 14.6 Å². The first kappa shape index (κ1) is 25.7. The summed E-state index contributed by atoms with van der Waals surface area (Å²) in [5.74, 6) is 0.912. The van der Waals surface area contributed by atoms with Crippen LogP contribution < -0.4 is 26.1 Å². The fraction of sp³-hybridized carbons (Fsp3) is 0.0741. The molecule has 2 aromatic carbocycles. The Bertz CT molecular complexity index is 2150. The monoisotopic (exact) mass is 568 g/mol. The molecule has 5 aromatic rings. The lowest BCUT2D eigenvalue weighted by atomic mass is 9.97. The molecule has 0 fully saturated rings. The first-order valence-electron chi connectivity index (χ1n) is 12.1. The number of amides is 2. The lowest BCUT2D eigenvalue weighted by Crippen LogP contribution is -2.34. The molecule has 41 heavy (non-hydrogen) atoms. The summed E-state index contributed by atoms with van der Waals surface area (Å²) < 4.78 is 28.2. The number of anilines is 2. The van der Waals surface area contributed by atoms with Gasteiger partial charge in [-0.05, 0) is 37.3 Å². The van der Waals surface area contributed by atoms with Crippen LogP contribution in [0, 0.1) is 12.3 Å². The number of rotatable bonds is 6. The molecule has 0 aliphatic carbocycles. The van der Waals surface area contributed by atoms with E-state index in [0.717, 1.165) is 0 Å². The van der Waals surface area contributed by atoms with Crippen LogP contribution in [0.1, 0.15) is 44.9 Å². The van der Waals surface area contributed by atoms with Gasteiger partial charge in [0.25, 0.3) is 27.6 Å². The van der Waals surface area contributed by atoms with Gasteiger partial charge >= 0.3 is 0 Å². The van der Waals surface area contributed by atoms with E-state index in [2.05, 4.69) is 26.6 Å². The predicted octanol–water partition coefficient (Wildman–Crippen LogP) is 1.69. The molecule has 0 saturated heterocycles. The maximum Gasteiger partial charge on any atom is 0.297 e. The molecular formula is C27H20N8O5S. The van der Waals surface area contributed by atoms with Crippen LogP contribution in [0.5, 0.6) is 0 Å². The zero-order chi connectivity index (χ0) is 29.1. The van der Waals surface area contributed by atoms with E-state index in [1.165, 1.54) is 21.5 Å². The third kappa shape index (κ3) is 4.16. The molecule has 4 heterocycles. The third-order valence-electron chi connectivity index (χ3n) is 6.63. The van der Waals surface area contributed by atoms with E-state index in [1.807, 2.05) is 4.72 Å². The number of pyridine rings is 1. The number of benzene rings is 2. The topological polar surface area (TPSA) is 183 Å². The first-order chi connectivity index (χ1) is 19.6. The van der Waals surface area contributed by atoms with Crippen LogP contribution in [-0.2, 0) is 10.2 Å². The van der Waals surface area contributed by atoms with E-state index in [9.17, 15) is 22.8 Å². The predicted molar refractivity (Wildman–Crippen MR) is 151 cm³/mol. The summed E-state index contributed by atoms with van der Waals surface area (Å²) in [6.45, 7) is 1.59. The van der Waals surface area contributed by atoms with Crippen LogP contribution in [0.3, 0.4) is 0 Å². The van der Waals surface area contributed by atoms with Gasteiger partial charge in [0.1, 0.15) is 5.56 Å². The first-order valence-corrected chi connectivity index (χ1v) is 13.7. The van der Waals surface area contributed by atoms with E-state index in [1.54, 1.807) is 55.5 Å².